The third-order valence-electron chi connectivity index (χ3n) is 4.23. The number of nitro benzene ring substituents is 2. The number of carbonyl (C=O) groups excluding carboxylic acids is 1. The highest BCUT2D eigenvalue weighted by Gasteiger charge is 2.33. The lowest BCUT2D eigenvalue weighted by Crippen LogP contribution is -2.49. The molecular weight excluding hydrogens is 516 g/mol. The molecule has 0 radical (unpaired) electrons. The minimum Gasteiger partial charge on any atom is -0.395 e. The lowest BCUT2D eigenvalue weighted by Gasteiger charge is -2.31. The Kier molecular flexibility index (Phi) is 11.5. The molecule has 0 saturated heterocycles. The van der Waals surface area contributed by atoms with E-state index in [2.05, 4.69) is 21.2 Å². The van der Waals surface area contributed by atoms with Crippen LogP contribution in [0.4, 0.5) is 21.9 Å². The number of aliphatic hydroxyl groups is 1. The molecule has 1 aromatic rings. The number of non-ortho nitro benzene ring substituents is 1. The predicted octanol–water partition coefficient (Wildman–Crippen LogP) is 2.31. The molecule has 0 fully saturated rings. The Morgan fingerprint density at radius 1 is 1.31 bits per heavy atom. The summed E-state index contributed by atoms with van der Waals surface area (Å²) in [7, 11) is -3.90. The van der Waals surface area contributed by atoms with Crippen molar-refractivity contribution in [2.45, 2.75) is 32.2 Å². The van der Waals surface area contributed by atoms with Gasteiger partial charge >= 0.3 is 6.03 Å². The van der Waals surface area contributed by atoms with Gasteiger partial charge in [0.05, 0.1) is 40.9 Å². The molecular formula is C17H25BrN4O9S. The average molecular weight is 541 g/mol. The first-order valence-corrected chi connectivity index (χ1v) is 12.3. The van der Waals surface area contributed by atoms with Crippen LogP contribution in [0, 0.1) is 20.2 Å². The summed E-state index contributed by atoms with van der Waals surface area (Å²) in [5.41, 5.74) is -1.55. The number of hydrogen-bond acceptors (Lipinski definition) is 9. The van der Waals surface area contributed by atoms with Crippen molar-refractivity contribution in [2.24, 2.45) is 0 Å². The summed E-state index contributed by atoms with van der Waals surface area (Å²) in [6.45, 7) is 0.738. The Labute approximate surface area is 193 Å². The Bertz CT molecular complexity index is 913. The molecule has 180 valence electrons. The van der Waals surface area contributed by atoms with Crippen LogP contribution >= 0.6 is 15.9 Å². The van der Waals surface area contributed by atoms with Crippen molar-refractivity contribution in [1.29, 1.82) is 0 Å². The van der Waals surface area contributed by atoms with Gasteiger partial charge in [0.1, 0.15) is 5.69 Å². The van der Waals surface area contributed by atoms with Crippen LogP contribution in [0.15, 0.2) is 18.2 Å². The van der Waals surface area contributed by atoms with Gasteiger partial charge in [-0.3, -0.25) is 29.3 Å². The first-order chi connectivity index (χ1) is 15.1. The molecule has 0 bridgehead atoms. The summed E-state index contributed by atoms with van der Waals surface area (Å²) in [5.74, 6) is -0.223. The summed E-state index contributed by atoms with van der Waals surface area (Å²) >= 11 is 3.21. The smallest absolute Gasteiger partial charge is 0.322 e. The third-order valence-corrected chi connectivity index (χ3v) is 5.97. The van der Waals surface area contributed by atoms with Crippen molar-refractivity contribution in [3.8, 4) is 0 Å². The van der Waals surface area contributed by atoms with E-state index in [1.807, 2.05) is 6.92 Å². The molecule has 1 rings (SSSR count). The molecule has 0 heterocycles. The second-order valence-electron chi connectivity index (χ2n) is 6.54. The van der Waals surface area contributed by atoms with E-state index in [-0.39, 0.29) is 24.4 Å². The van der Waals surface area contributed by atoms with Gasteiger partial charge in [0.15, 0.2) is 0 Å². The normalized spacial score (nSPS) is 12.2. The quantitative estimate of drug-likeness (QED) is 0.154. The summed E-state index contributed by atoms with van der Waals surface area (Å²) in [6, 6.07) is 0.910. The van der Waals surface area contributed by atoms with Gasteiger partial charge in [-0.2, -0.15) is 8.42 Å². The summed E-state index contributed by atoms with van der Waals surface area (Å²) < 4.78 is 29.3. The number of nitro groups is 2. The minimum absolute atomic E-state index is 0.143. The molecule has 15 heteroatoms. The maximum absolute atomic E-state index is 12.8. The van der Waals surface area contributed by atoms with Gasteiger partial charge in [0.2, 0.25) is 0 Å². The van der Waals surface area contributed by atoms with Gasteiger partial charge in [-0.1, -0.05) is 29.3 Å². The molecule has 0 aliphatic carbocycles. The highest BCUT2D eigenvalue weighted by Crippen LogP contribution is 2.34. The van der Waals surface area contributed by atoms with Crippen molar-refractivity contribution in [3.05, 3.63) is 38.4 Å². The van der Waals surface area contributed by atoms with E-state index in [0.29, 0.717) is 24.2 Å². The number of benzene rings is 1. The van der Waals surface area contributed by atoms with E-state index in [1.165, 1.54) is 0 Å². The van der Waals surface area contributed by atoms with E-state index in [1.54, 1.807) is 0 Å². The van der Waals surface area contributed by atoms with Crippen LogP contribution in [0.1, 0.15) is 26.2 Å². The lowest BCUT2D eigenvalue weighted by molar-refractivity contribution is -0.393. The van der Waals surface area contributed by atoms with E-state index in [4.69, 9.17) is 9.29 Å². The van der Waals surface area contributed by atoms with Crippen LogP contribution in [0.3, 0.4) is 0 Å². The van der Waals surface area contributed by atoms with Gasteiger partial charge < -0.3 is 10.4 Å². The number of unbranched alkanes of at least 4 members (excludes halogenated alkanes) is 1. The number of urea groups is 1. The number of aliphatic hydroxyl groups excluding tert-OH is 1. The number of amides is 2. The van der Waals surface area contributed by atoms with Crippen LogP contribution < -0.4 is 10.2 Å². The number of hydrogen-bond donors (Lipinski definition) is 2. The van der Waals surface area contributed by atoms with E-state index >= 15 is 0 Å². The molecule has 32 heavy (non-hydrogen) atoms. The lowest BCUT2D eigenvalue weighted by atomic mass is 10.1. The van der Waals surface area contributed by atoms with Gasteiger partial charge in [0, 0.05) is 17.9 Å². The molecule has 1 aromatic carbocycles. The van der Waals surface area contributed by atoms with Crippen molar-refractivity contribution in [1.82, 2.24) is 5.32 Å². The van der Waals surface area contributed by atoms with Crippen LogP contribution in [-0.2, 0) is 14.3 Å². The topological polar surface area (TPSA) is 182 Å². The third kappa shape index (κ3) is 8.29. The maximum Gasteiger partial charge on any atom is 0.322 e. The second kappa shape index (κ2) is 13.2. The van der Waals surface area contributed by atoms with Gasteiger partial charge in [-0.15, -0.1) is 0 Å². The monoisotopic (exact) mass is 540 g/mol. The Balaban J connectivity index is 3.44. The Morgan fingerprint density at radius 2 is 2.00 bits per heavy atom. The molecule has 2 amide bonds. The molecule has 0 spiro atoms. The highest BCUT2D eigenvalue weighted by atomic mass is 79.9. The summed E-state index contributed by atoms with van der Waals surface area (Å²) in [5, 5.41) is 34.3. The van der Waals surface area contributed by atoms with Crippen LogP contribution in [-0.4, -0.2) is 66.3 Å². The number of carbonyl (C=O) groups is 1. The highest BCUT2D eigenvalue weighted by molar-refractivity contribution is 9.09. The van der Waals surface area contributed by atoms with Crippen LogP contribution in [0.5, 0.6) is 0 Å². The zero-order valence-corrected chi connectivity index (χ0v) is 19.7. The number of alkyl halides is 1. The first kappa shape index (κ1) is 27.7. The van der Waals surface area contributed by atoms with Crippen LogP contribution in [0.2, 0.25) is 0 Å². The average Bonchev–Trinajstić information content (AvgIpc) is 2.74. The Morgan fingerprint density at radius 3 is 2.53 bits per heavy atom. The fourth-order valence-electron chi connectivity index (χ4n) is 2.67. The fourth-order valence-corrected chi connectivity index (χ4v) is 4.32. The number of anilines is 1. The number of halogens is 1. The second-order valence-corrected chi connectivity index (χ2v) is 9.10. The molecule has 0 aromatic heterocycles. The molecule has 1 atom stereocenters. The van der Waals surface area contributed by atoms with Crippen molar-refractivity contribution in [2.75, 3.05) is 35.7 Å². The molecule has 0 aliphatic heterocycles. The molecule has 0 aliphatic rings. The molecule has 2 N–H and O–H groups in total. The molecule has 1 unspecified atom stereocenters. The largest absolute Gasteiger partial charge is 0.395 e. The van der Waals surface area contributed by atoms with Crippen molar-refractivity contribution < 1.29 is 32.3 Å². The molecule has 0 saturated carbocycles. The summed E-state index contributed by atoms with van der Waals surface area (Å²) in [6.07, 6.45) is 1.14. The predicted molar refractivity (Wildman–Crippen MR) is 120 cm³/mol. The standard InChI is InChI=1S/C17H25BrN4O9S/c1-2-3-10-32(29,30)31-12-14(6-7-18)20(17(24)19-8-9-23)15-5-4-13(21(25)26)11-16(15)22(27)28/h4-5,11,14,23H,2-3,6-10,12H2,1H3,(H,19,24). The van der Waals surface area contributed by atoms with Gasteiger partial charge in [-0.05, 0) is 18.9 Å². The maximum atomic E-state index is 12.8. The van der Waals surface area contributed by atoms with E-state index in [0.717, 1.165) is 17.0 Å². The zero-order valence-electron chi connectivity index (χ0n) is 17.3. The van der Waals surface area contributed by atoms with Crippen molar-refractivity contribution >= 4 is 49.1 Å². The molecule has 13 nitrogen and oxygen atoms in total. The minimum atomic E-state index is -3.90. The van der Waals surface area contributed by atoms with E-state index in [9.17, 15) is 33.4 Å². The van der Waals surface area contributed by atoms with Gasteiger partial charge in [0.25, 0.3) is 21.5 Å². The van der Waals surface area contributed by atoms with Gasteiger partial charge in [-0.25, -0.2) is 4.79 Å². The summed E-state index contributed by atoms with van der Waals surface area (Å²) in [4.78, 5) is 34.7. The first-order valence-electron chi connectivity index (χ1n) is 9.61. The zero-order chi connectivity index (χ0) is 24.3. The van der Waals surface area contributed by atoms with E-state index < -0.39 is 56.6 Å². The number of rotatable bonds is 14. The van der Waals surface area contributed by atoms with Crippen molar-refractivity contribution in [3.63, 3.8) is 0 Å². The fraction of sp³-hybridized carbons (Fsp3) is 0.588. The number of nitrogens with zero attached hydrogens (tertiary/aromatic N) is 3. The SMILES string of the molecule is CCCCS(=O)(=O)OCC(CCBr)N(C(=O)NCCO)c1ccc([N+](=O)[O-])cc1[N+](=O)[O-]. The number of nitrogens with one attached hydrogen (secondary N) is 1. The van der Waals surface area contributed by atoms with Crippen LogP contribution in [0.25, 0.3) is 0 Å². The Hall–Kier alpha value is -2.36.